The van der Waals surface area contributed by atoms with Crippen LogP contribution in [0.2, 0.25) is 5.02 Å². The molecule has 5 rings (SSSR count). The molecule has 2 aliphatic rings. The Balaban J connectivity index is 1.34. The lowest BCUT2D eigenvalue weighted by atomic mass is 9.90. The summed E-state index contributed by atoms with van der Waals surface area (Å²) in [5.74, 6) is -0.118. The second kappa shape index (κ2) is 8.25. The van der Waals surface area contributed by atoms with Crippen molar-refractivity contribution in [1.82, 2.24) is 19.6 Å². The van der Waals surface area contributed by atoms with Gasteiger partial charge in [-0.3, -0.25) is 9.48 Å². The van der Waals surface area contributed by atoms with Crippen LogP contribution < -0.4 is 11.1 Å². The van der Waals surface area contributed by atoms with Crippen molar-refractivity contribution in [3.8, 4) is 0 Å². The number of halogens is 2. The maximum atomic E-state index is 13.5. The van der Waals surface area contributed by atoms with Crippen molar-refractivity contribution in [1.29, 1.82) is 0 Å². The first-order valence-corrected chi connectivity index (χ1v) is 11.5. The fourth-order valence-corrected chi connectivity index (χ4v) is 5.79. The molecule has 0 radical (unpaired) electrons. The molecule has 2 unspecified atom stereocenters. The second-order valence-electron chi connectivity index (χ2n) is 9.38. The maximum Gasteiger partial charge on any atom is 0.261 e. The summed E-state index contributed by atoms with van der Waals surface area (Å²) in [5, 5.41) is 22.7. The van der Waals surface area contributed by atoms with Gasteiger partial charge in [-0.2, -0.15) is 10.2 Å². The molecule has 0 spiro atoms. The minimum Gasteiger partial charge on any atom is -0.384 e. The number of nitrogens with zero attached hydrogens (tertiary/aromatic N) is 4. The first kappa shape index (κ1) is 22.6. The lowest BCUT2D eigenvalue weighted by Gasteiger charge is -2.27. The van der Waals surface area contributed by atoms with Gasteiger partial charge in [-0.15, -0.1) is 0 Å². The number of fused-ring (bicyclic) bond motifs is 1. The molecule has 10 heteroatoms. The van der Waals surface area contributed by atoms with Crippen LogP contribution in [0, 0.1) is 17.7 Å². The molecule has 2 saturated carbocycles. The van der Waals surface area contributed by atoms with Crippen LogP contribution >= 0.6 is 11.6 Å². The zero-order valence-electron chi connectivity index (χ0n) is 18.7. The van der Waals surface area contributed by atoms with Crippen LogP contribution in [-0.4, -0.2) is 36.2 Å². The molecule has 0 bridgehead atoms. The van der Waals surface area contributed by atoms with Gasteiger partial charge in [0.25, 0.3) is 5.91 Å². The largest absolute Gasteiger partial charge is 0.384 e. The van der Waals surface area contributed by atoms with Gasteiger partial charge >= 0.3 is 0 Å². The third kappa shape index (κ3) is 3.78. The smallest absolute Gasteiger partial charge is 0.261 e. The van der Waals surface area contributed by atoms with Crippen LogP contribution in [0.15, 0.2) is 43.2 Å². The fraction of sp³-hybridized carbons (Fsp3) is 0.375. The summed E-state index contributed by atoms with van der Waals surface area (Å²) in [6.07, 6.45) is 6.21. The lowest BCUT2D eigenvalue weighted by molar-refractivity contribution is 0.0922. The molecular weight excluding hydrogens is 459 g/mol. The predicted octanol–water partition coefficient (Wildman–Crippen LogP) is 4.05. The average molecular weight is 485 g/mol. The Morgan fingerprint density at radius 2 is 2.06 bits per heavy atom. The van der Waals surface area contributed by atoms with Crippen LogP contribution in [0.1, 0.15) is 47.7 Å². The van der Waals surface area contributed by atoms with E-state index in [2.05, 4.69) is 22.1 Å². The zero-order valence-corrected chi connectivity index (χ0v) is 19.5. The van der Waals surface area contributed by atoms with E-state index in [1.165, 1.54) is 22.9 Å². The molecule has 1 amide bonds. The van der Waals surface area contributed by atoms with E-state index in [0.717, 1.165) is 12.8 Å². The molecule has 34 heavy (non-hydrogen) atoms. The SMILES string of the molecule is C=C(n1cccn1)C1(O)CC2CC(c3nn(C)c(N)c3C(=O)Nc3ccc(F)c(Cl)c3)CC2C1. The van der Waals surface area contributed by atoms with Gasteiger partial charge in [-0.05, 0) is 61.8 Å². The van der Waals surface area contributed by atoms with Crippen LogP contribution in [0.4, 0.5) is 15.9 Å². The van der Waals surface area contributed by atoms with E-state index in [4.69, 9.17) is 17.3 Å². The highest BCUT2D eigenvalue weighted by molar-refractivity contribution is 6.31. The summed E-state index contributed by atoms with van der Waals surface area (Å²) in [7, 11) is 1.70. The number of hydrogen-bond acceptors (Lipinski definition) is 5. The van der Waals surface area contributed by atoms with Crippen molar-refractivity contribution in [2.45, 2.75) is 37.2 Å². The summed E-state index contributed by atoms with van der Waals surface area (Å²) in [5.41, 5.74) is 7.15. The number of amides is 1. The monoisotopic (exact) mass is 484 g/mol. The quantitative estimate of drug-likeness (QED) is 0.506. The van der Waals surface area contributed by atoms with E-state index >= 15 is 0 Å². The van der Waals surface area contributed by atoms with E-state index in [1.54, 1.807) is 30.2 Å². The highest BCUT2D eigenvalue weighted by atomic mass is 35.5. The highest BCUT2D eigenvalue weighted by Gasteiger charge is 2.51. The molecule has 4 N–H and O–H groups in total. The van der Waals surface area contributed by atoms with Gasteiger partial charge < -0.3 is 16.2 Å². The number of aliphatic hydroxyl groups is 1. The van der Waals surface area contributed by atoms with Crippen molar-refractivity contribution in [3.05, 3.63) is 65.3 Å². The first-order valence-electron chi connectivity index (χ1n) is 11.2. The minimum atomic E-state index is -1.00. The Kier molecular flexibility index (Phi) is 5.49. The Morgan fingerprint density at radius 3 is 2.68 bits per heavy atom. The number of aromatic nitrogens is 4. The second-order valence-corrected chi connectivity index (χ2v) is 9.78. The summed E-state index contributed by atoms with van der Waals surface area (Å²) in [4.78, 5) is 13.1. The van der Waals surface area contributed by atoms with E-state index < -0.39 is 17.3 Å². The van der Waals surface area contributed by atoms with Gasteiger partial charge in [0, 0.05) is 31.0 Å². The van der Waals surface area contributed by atoms with Gasteiger partial charge in [0.05, 0.1) is 16.4 Å². The Hall–Kier alpha value is -3.17. The van der Waals surface area contributed by atoms with Gasteiger partial charge in [0.15, 0.2) is 0 Å². The number of benzene rings is 1. The number of hydrogen-bond donors (Lipinski definition) is 3. The number of nitrogen functional groups attached to an aromatic ring is 1. The molecule has 0 aliphatic heterocycles. The van der Waals surface area contributed by atoms with E-state index in [9.17, 15) is 14.3 Å². The predicted molar refractivity (Wildman–Crippen MR) is 128 cm³/mol. The van der Waals surface area contributed by atoms with E-state index in [1.807, 2.05) is 0 Å². The third-order valence-corrected chi connectivity index (χ3v) is 7.56. The number of rotatable bonds is 5. The third-order valence-electron chi connectivity index (χ3n) is 7.27. The van der Waals surface area contributed by atoms with Crippen molar-refractivity contribution < 1.29 is 14.3 Å². The molecule has 8 nitrogen and oxygen atoms in total. The van der Waals surface area contributed by atoms with Crippen molar-refractivity contribution in [3.63, 3.8) is 0 Å². The van der Waals surface area contributed by atoms with Crippen LogP contribution in [-0.2, 0) is 7.05 Å². The van der Waals surface area contributed by atoms with Crippen molar-refractivity contribution in [2.24, 2.45) is 18.9 Å². The van der Waals surface area contributed by atoms with Crippen LogP contribution in [0.5, 0.6) is 0 Å². The molecule has 2 aliphatic carbocycles. The Labute approximate surface area is 201 Å². The summed E-state index contributed by atoms with van der Waals surface area (Å²) in [6.45, 7) is 4.09. The molecule has 2 fully saturated rings. The molecular formula is C24H26ClFN6O2. The molecule has 178 valence electrons. The van der Waals surface area contributed by atoms with Crippen LogP contribution in [0.25, 0.3) is 5.70 Å². The Morgan fingerprint density at radius 1 is 1.35 bits per heavy atom. The maximum absolute atomic E-state index is 13.5. The van der Waals surface area contributed by atoms with Crippen LogP contribution in [0.3, 0.4) is 0 Å². The number of nitrogens with two attached hydrogens (primary N) is 1. The number of aryl methyl sites for hydroxylation is 1. The fourth-order valence-electron chi connectivity index (χ4n) is 5.61. The van der Waals surface area contributed by atoms with Crippen molar-refractivity contribution >= 4 is 34.7 Å². The highest BCUT2D eigenvalue weighted by Crippen LogP contribution is 2.56. The molecule has 2 heterocycles. The van der Waals surface area contributed by atoms with E-state index in [0.29, 0.717) is 35.5 Å². The van der Waals surface area contributed by atoms with Crippen molar-refractivity contribution in [2.75, 3.05) is 11.1 Å². The molecule has 3 aromatic rings. The van der Waals surface area contributed by atoms with Gasteiger partial charge in [-0.1, -0.05) is 18.2 Å². The molecule has 2 aromatic heterocycles. The summed E-state index contributed by atoms with van der Waals surface area (Å²) < 4.78 is 16.6. The first-order chi connectivity index (χ1) is 16.2. The minimum absolute atomic E-state index is 0.0403. The number of carbonyl (C=O) groups excluding carboxylic acids is 1. The average Bonchev–Trinajstić information content (AvgIpc) is 3.55. The number of nitrogens with one attached hydrogen (secondary N) is 1. The molecule has 0 saturated heterocycles. The summed E-state index contributed by atoms with van der Waals surface area (Å²) in [6, 6.07) is 5.80. The topological polar surface area (TPSA) is 111 Å². The Bertz CT molecular complexity index is 1260. The molecule has 1 aromatic carbocycles. The molecule has 2 atom stereocenters. The van der Waals surface area contributed by atoms with Gasteiger partial charge in [0.1, 0.15) is 22.8 Å². The normalized spacial score (nSPS) is 25.9. The number of carbonyl (C=O) groups is 1. The van der Waals surface area contributed by atoms with Gasteiger partial charge in [0.2, 0.25) is 0 Å². The van der Waals surface area contributed by atoms with Gasteiger partial charge in [-0.25, -0.2) is 9.07 Å². The standard InChI is InChI=1S/C24H26ClFN6O2/c1-13(32-7-3-6-28-32)24(34)11-15-8-14(9-16(15)12-24)21-20(22(27)31(2)30-21)23(33)29-17-4-5-19(26)18(25)10-17/h3-7,10,14-16,34H,1,8-9,11-12,27H2,2H3,(H,29,33). The lowest BCUT2D eigenvalue weighted by Crippen LogP contribution is -2.30. The van der Waals surface area contributed by atoms with E-state index in [-0.39, 0.29) is 28.6 Å². The number of anilines is 2. The summed E-state index contributed by atoms with van der Waals surface area (Å²) >= 11 is 5.85. The zero-order chi connectivity index (χ0) is 24.2.